The fourth-order valence-corrected chi connectivity index (χ4v) is 9.27. The van der Waals surface area contributed by atoms with Gasteiger partial charge in [0, 0.05) is 6.42 Å². The van der Waals surface area contributed by atoms with E-state index in [9.17, 15) is 45.6 Å². The van der Waals surface area contributed by atoms with Gasteiger partial charge in [0.15, 0.2) is 12.6 Å². The Morgan fingerprint density at radius 2 is 0.921 bits per heavy atom. The highest BCUT2D eigenvalue weighted by Crippen LogP contribution is 2.30. The molecule has 2 aliphatic heterocycles. The molecule has 0 bridgehead atoms. The number of nitrogens with one attached hydrogen (secondary N) is 1. The highest BCUT2D eigenvalue weighted by atomic mass is 16.7. The first-order valence-electron chi connectivity index (χ1n) is 29.8. The van der Waals surface area contributed by atoms with E-state index in [0.29, 0.717) is 12.8 Å². The number of aliphatic hydroxyl groups excluding tert-OH is 8. The molecule has 12 unspecified atom stereocenters. The maximum Gasteiger partial charge on any atom is 0.220 e. The number of amides is 1. The third kappa shape index (κ3) is 32.3. The van der Waals surface area contributed by atoms with Crippen molar-refractivity contribution in [2.45, 2.75) is 280 Å². The number of aliphatic hydroxyl groups is 8. The first-order chi connectivity index (χ1) is 37.1. The molecular weight excluding hydrogens is 967 g/mol. The summed E-state index contributed by atoms with van der Waals surface area (Å²) in [5.74, 6) is -0.270. The summed E-state index contributed by atoms with van der Waals surface area (Å²) in [6, 6.07) is -0.948. The summed E-state index contributed by atoms with van der Waals surface area (Å²) < 4.78 is 22.7. The smallest absolute Gasteiger partial charge is 0.220 e. The zero-order chi connectivity index (χ0) is 55.3. The van der Waals surface area contributed by atoms with E-state index in [4.69, 9.17) is 18.9 Å². The molecule has 0 aromatic rings. The number of hydrogen-bond acceptors (Lipinski definition) is 13. The van der Waals surface area contributed by atoms with Crippen LogP contribution in [0.4, 0.5) is 0 Å². The standard InChI is InChI=1S/C62H107NO13/c1-3-5-7-9-11-13-15-17-19-21-23-25-27-29-31-33-35-37-39-41-43-45-51(66)50(49-73-61-59(72)57(70)60(53(48-65)75-61)76-62-58(71)56(69)55(68)52(47-64)74-62)63-54(67)46-44-42-40-38-36-34-32-30-28-26-24-22-20-18-16-14-12-10-8-6-4-2/h6,8,12,14,18,20,24,26,30,32,35,37,43,45,50-53,55-62,64-66,68-72H,3-5,7,9-11,13,15-17,19,21-23,25,27-29,31,33-34,36,38-42,44,46-49H2,1-2H3,(H,63,67)/b8-6-,14-12-,20-18-,26-24-,32-30-,37-35+,45-43+. The van der Waals surface area contributed by atoms with E-state index < -0.39 is 86.8 Å². The second kappa shape index (κ2) is 47.0. The summed E-state index contributed by atoms with van der Waals surface area (Å²) in [6.07, 6.45) is 46.2. The van der Waals surface area contributed by atoms with Crippen molar-refractivity contribution < 1.29 is 64.6 Å². The molecule has 0 aliphatic carbocycles. The normalized spacial score (nSPS) is 25.5. The lowest BCUT2D eigenvalue weighted by Crippen LogP contribution is -2.65. The molecule has 0 radical (unpaired) electrons. The molecule has 2 aliphatic rings. The monoisotopic (exact) mass is 1070 g/mol. The first kappa shape index (κ1) is 69.3. The lowest BCUT2D eigenvalue weighted by Gasteiger charge is -2.46. The predicted molar refractivity (Wildman–Crippen MR) is 304 cm³/mol. The maximum absolute atomic E-state index is 13.3. The number of unbranched alkanes of at least 4 members (excludes halogenated alkanes) is 21. The number of rotatable bonds is 46. The van der Waals surface area contributed by atoms with Gasteiger partial charge >= 0.3 is 0 Å². The molecule has 2 heterocycles. The van der Waals surface area contributed by atoms with E-state index >= 15 is 0 Å². The first-order valence-corrected chi connectivity index (χ1v) is 29.8. The Morgan fingerprint density at radius 1 is 0.487 bits per heavy atom. The molecule has 438 valence electrons. The van der Waals surface area contributed by atoms with Crippen molar-refractivity contribution in [3.63, 3.8) is 0 Å². The molecular formula is C62H107NO13. The zero-order valence-electron chi connectivity index (χ0n) is 47.0. The van der Waals surface area contributed by atoms with E-state index in [1.54, 1.807) is 6.08 Å². The molecule has 76 heavy (non-hydrogen) atoms. The lowest BCUT2D eigenvalue weighted by atomic mass is 9.97. The van der Waals surface area contributed by atoms with E-state index in [1.165, 1.54) is 96.3 Å². The van der Waals surface area contributed by atoms with Crippen LogP contribution in [-0.4, -0.2) is 140 Å². The average molecular weight is 1070 g/mol. The molecule has 0 spiro atoms. The van der Waals surface area contributed by atoms with Crippen LogP contribution in [0.2, 0.25) is 0 Å². The molecule has 0 aromatic carbocycles. The van der Waals surface area contributed by atoms with Crippen LogP contribution in [0.15, 0.2) is 85.1 Å². The van der Waals surface area contributed by atoms with Crippen LogP contribution in [0, 0.1) is 0 Å². The maximum atomic E-state index is 13.3. The highest BCUT2D eigenvalue weighted by Gasteiger charge is 2.51. The zero-order valence-corrected chi connectivity index (χ0v) is 47.0. The fraction of sp³-hybridized carbons (Fsp3) is 0.758. The number of allylic oxidation sites excluding steroid dienone is 13. The third-order valence-corrected chi connectivity index (χ3v) is 14.1. The van der Waals surface area contributed by atoms with E-state index in [-0.39, 0.29) is 18.9 Å². The van der Waals surface area contributed by atoms with Crippen LogP contribution in [0.5, 0.6) is 0 Å². The van der Waals surface area contributed by atoms with Crippen LogP contribution in [0.3, 0.4) is 0 Å². The molecule has 2 saturated heterocycles. The Kier molecular flexibility index (Phi) is 42.9. The number of carbonyl (C=O) groups excluding carboxylic acids is 1. The summed E-state index contributed by atoms with van der Waals surface area (Å²) >= 11 is 0. The van der Waals surface area contributed by atoms with Gasteiger partial charge in [0.1, 0.15) is 48.8 Å². The minimum atomic E-state index is -1.80. The Morgan fingerprint density at radius 3 is 1.45 bits per heavy atom. The van der Waals surface area contributed by atoms with E-state index in [0.717, 1.165) is 77.0 Å². The molecule has 9 N–H and O–H groups in total. The molecule has 14 heteroatoms. The summed E-state index contributed by atoms with van der Waals surface area (Å²) in [5.41, 5.74) is 0. The van der Waals surface area contributed by atoms with Crippen molar-refractivity contribution >= 4 is 5.91 Å². The van der Waals surface area contributed by atoms with Gasteiger partial charge in [-0.05, 0) is 77.0 Å². The van der Waals surface area contributed by atoms with Crippen LogP contribution < -0.4 is 5.32 Å². The van der Waals surface area contributed by atoms with Gasteiger partial charge in [-0.2, -0.15) is 0 Å². The SMILES string of the molecule is CC/C=C\C/C=C\C/C=C\C/C=C\C/C=C\CCCCCCCC(=O)NC(COC1OC(CO)C(OC2OC(CO)C(O)C(O)C2O)C(O)C1O)C(O)/C=C/CC/C=C/CCCCCCCCCCCCCCCCC. The summed E-state index contributed by atoms with van der Waals surface area (Å²) in [5, 5.41) is 87.1. The minimum absolute atomic E-state index is 0.247. The Bertz CT molecular complexity index is 1600. The molecule has 14 nitrogen and oxygen atoms in total. The van der Waals surface area contributed by atoms with Gasteiger partial charge in [0.05, 0.1) is 32.0 Å². The van der Waals surface area contributed by atoms with Crippen LogP contribution in [-0.2, 0) is 23.7 Å². The Labute approximate surface area is 459 Å². The highest BCUT2D eigenvalue weighted by molar-refractivity contribution is 5.76. The van der Waals surface area contributed by atoms with E-state index in [2.05, 4.69) is 92.1 Å². The summed E-state index contributed by atoms with van der Waals surface area (Å²) in [4.78, 5) is 13.3. The molecule has 1 amide bonds. The van der Waals surface area contributed by atoms with Crippen molar-refractivity contribution in [2.24, 2.45) is 0 Å². The van der Waals surface area contributed by atoms with Gasteiger partial charge in [-0.15, -0.1) is 0 Å². The quantitative estimate of drug-likeness (QED) is 0.0205. The Hall–Kier alpha value is -2.83. The van der Waals surface area contributed by atoms with Crippen molar-refractivity contribution in [2.75, 3.05) is 19.8 Å². The third-order valence-electron chi connectivity index (χ3n) is 14.1. The summed E-state index contributed by atoms with van der Waals surface area (Å²) in [7, 11) is 0. The number of hydrogen-bond donors (Lipinski definition) is 9. The van der Waals surface area contributed by atoms with Crippen molar-refractivity contribution in [1.29, 1.82) is 0 Å². The molecule has 2 fully saturated rings. The number of carbonyl (C=O) groups is 1. The van der Waals surface area contributed by atoms with Gasteiger partial charge in [-0.25, -0.2) is 0 Å². The lowest BCUT2D eigenvalue weighted by molar-refractivity contribution is -0.359. The predicted octanol–water partition coefficient (Wildman–Crippen LogP) is 10.1. The van der Waals surface area contributed by atoms with Gasteiger partial charge < -0.3 is 65.1 Å². The molecule has 0 saturated carbocycles. The molecule has 12 atom stereocenters. The van der Waals surface area contributed by atoms with Crippen LogP contribution >= 0.6 is 0 Å². The largest absolute Gasteiger partial charge is 0.394 e. The van der Waals surface area contributed by atoms with Gasteiger partial charge in [0.25, 0.3) is 0 Å². The number of ether oxygens (including phenoxy) is 4. The average Bonchev–Trinajstić information content (AvgIpc) is 3.42. The molecule has 0 aromatic heterocycles. The van der Waals surface area contributed by atoms with Crippen LogP contribution in [0.25, 0.3) is 0 Å². The second-order valence-corrected chi connectivity index (χ2v) is 20.7. The van der Waals surface area contributed by atoms with Gasteiger partial charge in [0.2, 0.25) is 5.91 Å². The molecule has 2 rings (SSSR count). The van der Waals surface area contributed by atoms with Gasteiger partial charge in [-0.3, -0.25) is 4.79 Å². The topological polar surface area (TPSA) is 228 Å². The van der Waals surface area contributed by atoms with Crippen molar-refractivity contribution in [3.05, 3.63) is 85.1 Å². The summed E-state index contributed by atoms with van der Waals surface area (Å²) in [6.45, 7) is 2.65. The second-order valence-electron chi connectivity index (χ2n) is 20.7. The minimum Gasteiger partial charge on any atom is -0.394 e. The van der Waals surface area contributed by atoms with Gasteiger partial charge in [-0.1, -0.05) is 208 Å². The Balaban J connectivity index is 1.81. The fourth-order valence-electron chi connectivity index (χ4n) is 9.27. The van der Waals surface area contributed by atoms with Crippen LogP contribution in [0.1, 0.15) is 206 Å². The van der Waals surface area contributed by atoms with Crippen molar-refractivity contribution in [1.82, 2.24) is 5.32 Å². The van der Waals surface area contributed by atoms with Crippen molar-refractivity contribution in [3.8, 4) is 0 Å². The van der Waals surface area contributed by atoms with E-state index in [1.807, 2.05) is 6.08 Å².